The molecule has 250 valence electrons. The molecule has 4 aromatic heterocycles. The van der Waals surface area contributed by atoms with Gasteiger partial charge in [-0.2, -0.15) is 0 Å². The van der Waals surface area contributed by atoms with E-state index in [1.54, 1.807) is 0 Å². The van der Waals surface area contributed by atoms with Crippen LogP contribution < -0.4 is 10.6 Å². The number of pyridine rings is 3. The molecular formula is C49H33N3O. The molecule has 0 radical (unpaired) electrons. The molecule has 0 spiro atoms. The first-order chi connectivity index (χ1) is 26.2. The number of hydrogen-bond donors (Lipinski definition) is 0. The minimum absolute atomic E-state index is 0.896. The summed E-state index contributed by atoms with van der Waals surface area (Å²) in [6, 6.07) is 53.1. The molecular weight excluding hydrogens is 647 g/mol. The molecule has 4 heteroatoms. The van der Waals surface area contributed by atoms with Crippen LogP contribution in [0.15, 0.2) is 156 Å². The van der Waals surface area contributed by atoms with Gasteiger partial charge in [0.1, 0.15) is 11.0 Å². The summed E-state index contributed by atoms with van der Waals surface area (Å²) in [6.45, 7) is 4.09. The molecule has 0 unspecified atom stereocenters. The second-order valence-electron chi connectivity index (χ2n) is 13.4. The zero-order valence-electron chi connectivity index (χ0n) is 29.3. The van der Waals surface area contributed by atoms with E-state index in [2.05, 4.69) is 140 Å². The number of aromatic nitrogens is 3. The van der Waals surface area contributed by atoms with E-state index in [0.29, 0.717) is 0 Å². The average molecular weight is 680 g/mol. The van der Waals surface area contributed by atoms with E-state index in [1.807, 2.05) is 37.3 Å². The quantitative estimate of drug-likeness (QED) is 0.174. The number of hydrogen-bond acceptors (Lipinski definition) is 4. The molecule has 0 amide bonds. The Hall–Kier alpha value is -6.91. The third-order valence-electron chi connectivity index (χ3n) is 10.4. The van der Waals surface area contributed by atoms with Gasteiger partial charge in [0.2, 0.25) is 0 Å². The van der Waals surface area contributed by atoms with Crippen LogP contribution in [0.1, 0.15) is 13.8 Å². The van der Waals surface area contributed by atoms with Crippen molar-refractivity contribution in [2.75, 3.05) is 0 Å². The van der Waals surface area contributed by atoms with Gasteiger partial charge in [-0.1, -0.05) is 133 Å². The fourth-order valence-electron chi connectivity index (χ4n) is 7.71. The summed E-state index contributed by atoms with van der Waals surface area (Å²) in [5.74, 6) is 0. The minimum Gasteiger partial charge on any atom is -0.456 e. The molecule has 10 aromatic rings. The van der Waals surface area contributed by atoms with Gasteiger partial charge in [-0.15, -0.1) is 0 Å². The van der Waals surface area contributed by atoms with Crippen molar-refractivity contribution in [2.45, 2.75) is 13.8 Å². The Kier molecular flexibility index (Phi) is 7.22. The average Bonchev–Trinajstić information content (AvgIpc) is 3.61. The summed E-state index contributed by atoms with van der Waals surface area (Å²) < 4.78 is 6.51. The first-order valence-electron chi connectivity index (χ1n) is 18.0. The van der Waals surface area contributed by atoms with Crippen LogP contribution in [0.2, 0.25) is 0 Å². The fourth-order valence-corrected chi connectivity index (χ4v) is 7.71. The van der Waals surface area contributed by atoms with Gasteiger partial charge in [0.25, 0.3) is 0 Å². The van der Waals surface area contributed by atoms with Gasteiger partial charge in [-0.05, 0) is 55.3 Å². The Morgan fingerprint density at radius 1 is 0.434 bits per heavy atom. The Bertz CT molecular complexity index is 3160. The highest BCUT2D eigenvalue weighted by atomic mass is 16.3. The van der Waals surface area contributed by atoms with Crippen molar-refractivity contribution >= 4 is 66.6 Å². The molecule has 0 bridgehead atoms. The Labute approximate surface area is 306 Å². The molecule has 4 nitrogen and oxygen atoms in total. The van der Waals surface area contributed by atoms with Gasteiger partial charge in [-0.3, -0.25) is 0 Å². The maximum Gasteiger partial charge on any atom is 0.143 e. The molecule has 0 aliphatic heterocycles. The zero-order chi connectivity index (χ0) is 35.5. The van der Waals surface area contributed by atoms with Crippen LogP contribution in [0.5, 0.6) is 0 Å². The second kappa shape index (κ2) is 12.4. The number of benzene rings is 6. The van der Waals surface area contributed by atoms with Crippen molar-refractivity contribution in [3.8, 4) is 44.9 Å². The normalized spacial score (nSPS) is 12.6. The molecule has 0 fully saturated rings. The lowest BCUT2D eigenvalue weighted by molar-refractivity contribution is 0.578. The number of para-hydroxylation sites is 1. The highest BCUT2D eigenvalue weighted by Crippen LogP contribution is 2.37. The lowest BCUT2D eigenvalue weighted by Gasteiger charge is -2.11. The molecule has 0 saturated carbocycles. The second-order valence-corrected chi connectivity index (χ2v) is 13.4. The number of nitrogens with zero attached hydrogens (tertiary/aromatic N) is 3. The van der Waals surface area contributed by atoms with Crippen molar-refractivity contribution in [1.82, 2.24) is 15.0 Å². The lowest BCUT2D eigenvalue weighted by Crippen LogP contribution is -2.18. The molecule has 4 heterocycles. The standard InChI is InChI=1S/C49H33N3O/c1-3-37-38-26-27-40-45(49(38)53-44(37)4-2)39-12-8-9-13-43(39)52-46(40)34-20-16-31(17-21-34)30-14-18-33(19-15-30)42-29-25-36-23-22-35-24-28-41(32-10-6-5-7-11-32)50-47(35)48(36)51-42/h3-29H,1-2H3/b37-3-,44-4+. The molecule has 53 heavy (non-hydrogen) atoms. The smallest absolute Gasteiger partial charge is 0.143 e. The molecule has 0 N–H and O–H groups in total. The van der Waals surface area contributed by atoms with Crippen LogP contribution in [-0.2, 0) is 0 Å². The summed E-state index contributed by atoms with van der Waals surface area (Å²) in [5.41, 5.74) is 12.9. The van der Waals surface area contributed by atoms with Crippen molar-refractivity contribution in [1.29, 1.82) is 0 Å². The maximum absolute atomic E-state index is 6.51. The number of rotatable bonds is 4. The SMILES string of the molecule is C/C=c1\c(=C/C)oc2c1ccc1c(-c3ccc(-c4ccc(-c5ccc6ccc7ccc(-c8ccccc8)nc7c6n5)cc4)cc3)nc3ccccc3c12. The summed E-state index contributed by atoms with van der Waals surface area (Å²) in [5, 5.41) is 7.67. The summed E-state index contributed by atoms with van der Waals surface area (Å²) >= 11 is 0. The first kappa shape index (κ1) is 30.9. The van der Waals surface area contributed by atoms with Gasteiger partial charge in [0.15, 0.2) is 0 Å². The predicted molar refractivity (Wildman–Crippen MR) is 221 cm³/mol. The van der Waals surface area contributed by atoms with E-state index in [1.165, 1.54) is 0 Å². The monoisotopic (exact) mass is 679 g/mol. The van der Waals surface area contributed by atoms with E-state index in [-0.39, 0.29) is 0 Å². The first-order valence-corrected chi connectivity index (χ1v) is 18.0. The molecule has 0 aliphatic rings. The number of furan rings is 1. The minimum atomic E-state index is 0.896. The van der Waals surface area contributed by atoms with E-state index in [9.17, 15) is 0 Å². The third-order valence-corrected chi connectivity index (χ3v) is 10.4. The van der Waals surface area contributed by atoms with Gasteiger partial charge in [0.05, 0.1) is 33.6 Å². The van der Waals surface area contributed by atoms with E-state index in [0.717, 1.165) is 110 Å². The van der Waals surface area contributed by atoms with Crippen LogP contribution in [0.3, 0.4) is 0 Å². The summed E-state index contributed by atoms with van der Waals surface area (Å²) in [4.78, 5) is 15.4. The zero-order valence-corrected chi connectivity index (χ0v) is 29.3. The highest BCUT2D eigenvalue weighted by Gasteiger charge is 2.16. The summed E-state index contributed by atoms with van der Waals surface area (Å²) in [7, 11) is 0. The Morgan fingerprint density at radius 3 is 1.62 bits per heavy atom. The Morgan fingerprint density at radius 2 is 0.981 bits per heavy atom. The largest absolute Gasteiger partial charge is 0.456 e. The predicted octanol–water partition coefficient (Wildman–Crippen LogP) is 11.5. The highest BCUT2D eigenvalue weighted by molar-refractivity contribution is 6.20. The lowest BCUT2D eigenvalue weighted by atomic mass is 9.96. The van der Waals surface area contributed by atoms with E-state index >= 15 is 0 Å². The molecule has 10 rings (SSSR count). The maximum atomic E-state index is 6.51. The van der Waals surface area contributed by atoms with Crippen LogP contribution >= 0.6 is 0 Å². The van der Waals surface area contributed by atoms with Crippen LogP contribution in [0.4, 0.5) is 0 Å². The van der Waals surface area contributed by atoms with Gasteiger partial charge in [0, 0.05) is 54.2 Å². The van der Waals surface area contributed by atoms with Gasteiger partial charge < -0.3 is 4.42 Å². The van der Waals surface area contributed by atoms with Crippen LogP contribution in [0, 0.1) is 0 Å². The number of fused-ring (bicyclic) bond motifs is 8. The van der Waals surface area contributed by atoms with Crippen molar-refractivity contribution in [3.05, 3.63) is 162 Å². The van der Waals surface area contributed by atoms with E-state index in [4.69, 9.17) is 19.4 Å². The van der Waals surface area contributed by atoms with Crippen molar-refractivity contribution < 1.29 is 4.42 Å². The molecule has 0 aliphatic carbocycles. The van der Waals surface area contributed by atoms with Crippen molar-refractivity contribution in [2.24, 2.45) is 0 Å². The molecule has 0 atom stereocenters. The van der Waals surface area contributed by atoms with E-state index < -0.39 is 0 Å². The van der Waals surface area contributed by atoms with Crippen LogP contribution in [-0.4, -0.2) is 15.0 Å². The van der Waals surface area contributed by atoms with Gasteiger partial charge >= 0.3 is 0 Å². The molecule has 6 aromatic carbocycles. The fraction of sp³-hybridized carbons (Fsp3) is 0.0408. The topological polar surface area (TPSA) is 51.8 Å². The summed E-state index contributed by atoms with van der Waals surface area (Å²) in [6.07, 6.45) is 4.16. The third kappa shape index (κ3) is 5.10. The Balaban J connectivity index is 1.01. The molecule has 0 saturated heterocycles. The van der Waals surface area contributed by atoms with Gasteiger partial charge in [-0.25, -0.2) is 15.0 Å². The van der Waals surface area contributed by atoms with Crippen molar-refractivity contribution in [3.63, 3.8) is 0 Å². The van der Waals surface area contributed by atoms with Crippen LogP contribution in [0.25, 0.3) is 112 Å².